The molecule has 4 nitrogen and oxygen atoms in total. The number of ether oxygens (including phenoxy) is 1. The van der Waals surface area contributed by atoms with Crippen LogP contribution in [0.25, 0.3) is 0 Å². The lowest BCUT2D eigenvalue weighted by Gasteiger charge is -2.26. The summed E-state index contributed by atoms with van der Waals surface area (Å²) in [6, 6.07) is 0.692. The van der Waals surface area contributed by atoms with Crippen LogP contribution in [-0.4, -0.2) is 42.3 Å². The van der Waals surface area contributed by atoms with E-state index in [9.17, 15) is 4.79 Å². The minimum absolute atomic E-state index is 0.215. The van der Waals surface area contributed by atoms with Gasteiger partial charge in [-0.25, -0.2) is 4.79 Å². The monoisotopic (exact) mass is 228 g/mol. The Morgan fingerprint density at radius 1 is 1.44 bits per heavy atom. The van der Waals surface area contributed by atoms with E-state index in [0.29, 0.717) is 12.6 Å². The number of likely N-dealkylation sites (N-methyl/N-ethyl adjacent to an activating group) is 1. The van der Waals surface area contributed by atoms with Gasteiger partial charge in [0.2, 0.25) is 0 Å². The summed E-state index contributed by atoms with van der Waals surface area (Å²) >= 11 is 0. The minimum atomic E-state index is -0.408. The Bertz CT molecular complexity index is 232. The summed E-state index contributed by atoms with van der Waals surface area (Å²) in [5, 5.41) is 3.39. The van der Waals surface area contributed by atoms with Crippen molar-refractivity contribution in [3.8, 4) is 0 Å². The average molecular weight is 228 g/mol. The van der Waals surface area contributed by atoms with E-state index in [1.807, 2.05) is 27.7 Å². The van der Waals surface area contributed by atoms with E-state index in [1.165, 1.54) is 12.8 Å². The Hall–Kier alpha value is -0.770. The molecule has 1 aliphatic carbocycles. The topological polar surface area (TPSA) is 41.6 Å². The van der Waals surface area contributed by atoms with Gasteiger partial charge in [0.1, 0.15) is 5.60 Å². The molecule has 4 heteroatoms. The van der Waals surface area contributed by atoms with E-state index in [0.717, 1.165) is 13.1 Å². The number of nitrogens with one attached hydrogen (secondary N) is 1. The fourth-order valence-electron chi connectivity index (χ4n) is 1.40. The van der Waals surface area contributed by atoms with Gasteiger partial charge in [0, 0.05) is 25.7 Å². The number of rotatable bonds is 5. The van der Waals surface area contributed by atoms with Crippen LogP contribution in [0.3, 0.4) is 0 Å². The van der Waals surface area contributed by atoms with Gasteiger partial charge < -0.3 is 15.0 Å². The van der Waals surface area contributed by atoms with E-state index in [-0.39, 0.29) is 6.09 Å². The van der Waals surface area contributed by atoms with Crippen molar-refractivity contribution < 1.29 is 9.53 Å². The summed E-state index contributed by atoms with van der Waals surface area (Å²) in [6.45, 7) is 9.92. The molecule has 0 atom stereocenters. The summed E-state index contributed by atoms with van der Waals surface area (Å²) < 4.78 is 5.32. The standard InChI is InChI=1S/C12H24N2O2/c1-5-14(9-8-13-10-6-7-10)11(15)16-12(2,3)4/h10,13H,5-9H2,1-4H3. The second-order valence-corrected chi connectivity index (χ2v) is 5.29. The predicted octanol–water partition coefficient (Wildman–Crippen LogP) is 2.00. The molecule has 1 N–H and O–H groups in total. The maximum atomic E-state index is 11.8. The van der Waals surface area contributed by atoms with Gasteiger partial charge >= 0.3 is 6.09 Å². The summed E-state index contributed by atoms with van der Waals surface area (Å²) in [5.74, 6) is 0. The highest BCUT2D eigenvalue weighted by Crippen LogP contribution is 2.18. The summed E-state index contributed by atoms with van der Waals surface area (Å²) in [4.78, 5) is 13.5. The molecule has 0 bridgehead atoms. The van der Waals surface area contributed by atoms with Gasteiger partial charge in [-0.2, -0.15) is 0 Å². The second kappa shape index (κ2) is 5.53. The van der Waals surface area contributed by atoms with Gasteiger partial charge in [0.05, 0.1) is 0 Å². The second-order valence-electron chi connectivity index (χ2n) is 5.29. The Morgan fingerprint density at radius 2 is 2.06 bits per heavy atom. The number of nitrogens with zero attached hydrogens (tertiary/aromatic N) is 1. The number of hydrogen-bond donors (Lipinski definition) is 1. The third-order valence-electron chi connectivity index (χ3n) is 2.43. The third kappa shape index (κ3) is 5.35. The van der Waals surface area contributed by atoms with Crippen LogP contribution in [0, 0.1) is 0 Å². The lowest BCUT2D eigenvalue weighted by atomic mass is 10.2. The van der Waals surface area contributed by atoms with Crippen LogP contribution in [0.15, 0.2) is 0 Å². The first kappa shape index (κ1) is 13.3. The number of carbonyl (C=O) groups is 1. The van der Waals surface area contributed by atoms with Gasteiger partial charge in [-0.15, -0.1) is 0 Å². The lowest BCUT2D eigenvalue weighted by molar-refractivity contribution is 0.0262. The van der Waals surface area contributed by atoms with Crippen molar-refractivity contribution in [2.45, 2.75) is 52.2 Å². The average Bonchev–Trinajstić information content (AvgIpc) is 2.92. The highest BCUT2D eigenvalue weighted by Gasteiger charge is 2.23. The van der Waals surface area contributed by atoms with Crippen molar-refractivity contribution in [2.75, 3.05) is 19.6 Å². The van der Waals surface area contributed by atoms with Crippen molar-refractivity contribution >= 4 is 6.09 Å². The van der Waals surface area contributed by atoms with Crippen LogP contribution in [0.2, 0.25) is 0 Å². The molecule has 94 valence electrons. The first-order valence-electron chi connectivity index (χ1n) is 6.13. The number of carbonyl (C=O) groups excluding carboxylic acids is 1. The molecule has 1 aliphatic rings. The van der Waals surface area contributed by atoms with E-state index in [4.69, 9.17) is 4.74 Å². The van der Waals surface area contributed by atoms with Gasteiger partial charge in [-0.1, -0.05) is 0 Å². The van der Waals surface area contributed by atoms with E-state index >= 15 is 0 Å². The predicted molar refractivity (Wildman–Crippen MR) is 64.5 cm³/mol. The van der Waals surface area contributed by atoms with Gasteiger partial charge in [0.25, 0.3) is 0 Å². The Morgan fingerprint density at radius 3 is 2.50 bits per heavy atom. The Balaban J connectivity index is 2.24. The maximum absolute atomic E-state index is 11.8. The zero-order valence-corrected chi connectivity index (χ0v) is 10.9. The van der Waals surface area contributed by atoms with E-state index in [1.54, 1.807) is 4.90 Å². The molecule has 0 spiro atoms. The zero-order chi connectivity index (χ0) is 12.2. The van der Waals surface area contributed by atoms with E-state index in [2.05, 4.69) is 5.32 Å². The third-order valence-corrected chi connectivity index (χ3v) is 2.43. The quantitative estimate of drug-likeness (QED) is 0.782. The first-order valence-corrected chi connectivity index (χ1v) is 6.13. The molecule has 0 heterocycles. The summed E-state index contributed by atoms with van der Waals surface area (Å²) in [5.41, 5.74) is -0.408. The molecular weight excluding hydrogens is 204 g/mol. The summed E-state index contributed by atoms with van der Waals surface area (Å²) in [6.07, 6.45) is 2.34. The van der Waals surface area contributed by atoms with E-state index < -0.39 is 5.60 Å². The molecule has 0 unspecified atom stereocenters. The van der Waals surface area contributed by atoms with Gasteiger partial charge in [0.15, 0.2) is 0 Å². The van der Waals surface area contributed by atoms with Crippen LogP contribution in [0.1, 0.15) is 40.5 Å². The molecule has 1 fully saturated rings. The molecular formula is C12H24N2O2. The van der Waals surface area contributed by atoms with Crippen molar-refractivity contribution in [1.29, 1.82) is 0 Å². The SMILES string of the molecule is CCN(CCNC1CC1)C(=O)OC(C)(C)C. The van der Waals surface area contributed by atoms with Crippen LogP contribution in [0.4, 0.5) is 4.79 Å². The normalized spacial score (nSPS) is 16.0. The Labute approximate surface area is 98.3 Å². The van der Waals surface area contributed by atoms with Crippen LogP contribution < -0.4 is 5.32 Å². The van der Waals surface area contributed by atoms with Crippen LogP contribution in [-0.2, 0) is 4.74 Å². The molecule has 0 aromatic rings. The molecule has 0 aliphatic heterocycles. The smallest absolute Gasteiger partial charge is 0.410 e. The zero-order valence-electron chi connectivity index (χ0n) is 10.9. The van der Waals surface area contributed by atoms with Crippen molar-refractivity contribution in [1.82, 2.24) is 10.2 Å². The molecule has 1 amide bonds. The fourth-order valence-corrected chi connectivity index (χ4v) is 1.40. The highest BCUT2D eigenvalue weighted by atomic mass is 16.6. The van der Waals surface area contributed by atoms with Gasteiger partial charge in [-0.3, -0.25) is 0 Å². The molecule has 0 saturated heterocycles. The largest absolute Gasteiger partial charge is 0.444 e. The molecule has 1 rings (SSSR count). The first-order chi connectivity index (χ1) is 7.42. The Kier molecular flexibility index (Phi) is 4.59. The summed E-state index contributed by atoms with van der Waals surface area (Å²) in [7, 11) is 0. The van der Waals surface area contributed by atoms with Crippen LogP contribution >= 0.6 is 0 Å². The van der Waals surface area contributed by atoms with Crippen LogP contribution in [0.5, 0.6) is 0 Å². The lowest BCUT2D eigenvalue weighted by Crippen LogP contribution is -2.40. The number of amides is 1. The molecule has 1 saturated carbocycles. The van der Waals surface area contributed by atoms with Crippen molar-refractivity contribution in [3.05, 3.63) is 0 Å². The number of hydrogen-bond acceptors (Lipinski definition) is 3. The fraction of sp³-hybridized carbons (Fsp3) is 0.917. The minimum Gasteiger partial charge on any atom is -0.444 e. The molecule has 0 radical (unpaired) electrons. The van der Waals surface area contributed by atoms with Crippen molar-refractivity contribution in [3.63, 3.8) is 0 Å². The maximum Gasteiger partial charge on any atom is 0.410 e. The molecule has 16 heavy (non-hydrogen) atoms. The van der Waals surface area contributed by atoms with Gasteiger partial charge in [-0.05, 0) is 40.5 Å². The molecule has 0 aromatic heterocycles. The molecule has 0 aromatic carbocycles. The van der Waals surface area contributed by atoms with Crippen molar-refractivity contribution in [2.24, 2.45) is 0 Å². The highest BCUT2D eigenvalue weighted by molar-refractivity contribution is 5.68.